The van der Waals surface area contributed by atoms with E-state index in [1.54, 1.807) is 12.1 Å². The highest BCUT2D eigenvalue weighted by atomic mass is 16.6. The minimum atomic E-state index is -0.609. The van der Waals surface area contributed by atoms with Gasteiger partial charge in [-0.1, -0.05) is 0 Å². The lowest BCUT2D eigenvalue weighted by Gasteiger charge is -2.11. The number of rotatable bonds is 6. The lowest BCUT2D eigenvalue weighted by Crippen LogP contribution is -2.20. The molecule has 0 bridgehead atoms. The van der Waals surface area contributed by atoms with Gasteiger partial charge in [-0.25, -0.2) is 4.98 Å². The zero-order valence-electron chi connectivity index (χ0n) is 11.6. The van der Waals surface area contributed by atoms with Crippen molar-refractivity contribution in [3.05, 3.63) is 28.5 Å². The maximum atomic E-state index is 11.3. The topological polar surface area (TPSA) is 121 Å². The lowest BCUT2D eigenvalue weighted by molar-refractivity contribution is -0.385. The molecule has 0 aliphatic carbocycles. The van der Waals surface area contributed by atoms with Crippen LogP contribution >= 0.6 is 0 Å². The summed E-state index contributed by atoms with van der Waals surface area (Å²) in [5, 5.41) is 11.3. The molecule has 21 heavy (non-hydrogen) atoms. The van der Waals surface area contributed by atoms with E-state index in [9.17, 15) is 10.1 Å². The third-order valence-corrected chi connectivity index (χ3v) is 2.58. The molecule has 2 rings (SSSR count). The van der Waals surface area contributed by atoms with Gasteiger partial charge in [0.15, 0.2) is 11.5 Å². The summed E-state index contributed by atoms with van der Waals surface area (Å²) in [6, 6.07) is 3.16. The second kappa shape index (κ2) is 6.18. The van der Waals surface area contributed by atoms with Crippen molar-refractivity contribution in [3.8, 4) is 17.3 Å². The number of hydrogen-bond donors (Lipinski definition) is 1. The molecule has 9 nitrogen and oxygen atoms in total. The standard InChI is InChI=1S/C12H15N5O4/c1-16(2)5-7-21-11-10(17(18)19)9(14-12(13)15-11)8-4-3-6-20-8/h3-4,6H,5,7H2,1-2H3,(H2,13,14,15). The Morgan fingerprint density at radius 2 is 2.24 bits per heavy atom. The van der Waals surface area contributed by atoms with Crippen LogP contribution in [0.15, 0.2) is 22.8 Å². The Hall–Kier alpha value is -2.68. The Kier molecular flexibility index (Phi) is 4.33. The smallest absolute Gasteiger partial charge is 0.360 e. The molecule has 0 aromatic carbocycles. The molecule has 0 aliphatic rings. The molecule has 0 aliphatic heterocycles. The molecule has 0 unspecified atom stereocenters. The third-order valence-electron chi connectivity index (χ3n) is 2.58. The van der Waals surface area contributed by atoms with Crippen LogP contribution in [0.2, 0.25) is 0 Å². The van der Waals surface area contributed by atoms with E-state index in [-0.39, 0.29) is 35.6 Å². The number of hydrogen-bond acceptors (Lipinski definition) is 8. The minimum Gasteiger partial charge on any atom is -0.471 e. The Morgan fingerprint density at radius 3 is 2.81 bits per heavy atom. The van der Waals surface area contributed by atoms with Crippen LogP contribution in [0.5, 0.6) is 5.88 Å². The summed E-state index contributed by atoms with van der Waals surface area (Å²) in [4.78, 5) is 20.3. The highest BCUT2D eigenvalue weighted by Crippen LogP contribution is 2.35. The van der Waals surface area contributed by atoms with Gasteiger partial charge in [0.25, 0.3) is 5.88 Å². The van der Waals surface area contributed by atoms with Gasteiger partial charge in [-0.3, -0.25) is 10.1 Å². The highest BCUT2D eigenvalue weighted by molar-refractivity contribution is 5.69. The number of nitrogens with two attached hydrogens (primary N) is 1. The van der Waals surface area contributed by atoms with Crippen molar-refractivity contribution in [1.29, 1.82) is 0 Å². The first kappa shape index (κ1) is 14.7. The van der Waals surface area contributed by atoms with E-state index >= 15 is 0 Å². The van der Waals surface area contributed by atoms with Crippen LogP contribution < -0.4 is 10.5 Å². The van der Waals surface area contributed by atoms with E-state index in [0.717, 1.165) is 0 Å². The van der Waals surface area contributed by atoms with Gasteiger partial charge in [0, 0.05) is 6.54 Å². The molecule has 0 fully saturated rings. The average Bonchev–Trinajstić information content (AvgIpc) is 2.90. The van der Waals surface area contributed by atoms with E-state index in [4.69, 9.17) is 14.9 Å². The molecule has 2 aromatic heterocycles. The number of aromatic nitrogens is 2. The van der Waals surface area contributed by atoms with Gasteiger partial charge in [0.2, 0.25) is 5.95 Å². The fourth-order valence-corrected chi connectivity index (χ4v) is 1.63. The number of furan rings is 1. The van der Waals surface area contributed by atoms with Crippen molar-refractivity contribution < 1.29 is 14.1 Å². The Balaban J connectivity index is 2.41. The molecule has 112 valence electrons. The maximum Gasteiger partial charge on any atom is 0.360 e. The molecular formula is C12H15N5O4. The Bertz CT molecular complexity index is 627. The zero-order valence-corrected chi connectivity index (χ0v) is 11.6. The van der Waals surface area contributed by atoms with Gasteiger partial charge < -0.3 is 19.8 Å². The summed E-state index contributed by atoms with van der Waals surface area (Å²) in [5.41, 5.74) is 5.22. The van der Waals surface area contributed by atoms with E-state index in [2.05, 4.69) is 9.97 Å². The van der Waals surface area contributed by atoms with Crippen molar-refractivity contribution in [1.82, 2.24) is 14.9 Å². The van der Waals surface area contributed by atoms with Crippen LogP contribution in [-0.4, -0.2) is 47.0 Å². The summed E-state index contributed by atoms with van der Waals surface area (Å²) in [5.74, 6) is -0.0548. The number of ether oxygens (including phenoxy) is 1. The largest absolute Gasteiger partial charge is 0.471 e. The molecule has 2 N–H and O–H groups in total. The van der Waals surface area contributed by atoms with Gasteiger partial charge in [-0.05, 0) is 26.2 Å². The van der Waals surface area contributed by atoms with Crippen LogP contribution in [0.4, 0.5) is 11.6 Å². The monoisotopic (exact) mass is 293 g/mol. The van der Waals surface area contributed by atoms with Gasteiger partial charge in [-0.15, -0.1) is 0 Å². The van der Waals surface area contributed by atoms with Crippen LogP contribution in [0, 0.1) is 10.1 Å². The van der Waals surface area contributed by atoms with Crippen molar-refractivity contribution in [2.75, 3.05) is 33.0 Å². The summed E-state index contributed by atoms with van der Waals surface area (Å²) in [6.07, 6.45) is 1.39. The molecule has 0 amide bonds. The van der Waals surface area contributed by atoms with Crippen molar-refractivity contribution in [2.24, 2.45) is 0 Å². The molecule has 2 aromatic rings. The Morgan fingerprint density at radius 1 is 1.48 bits per heavy atom. The lowest BCUT2D eigenvalue weighted by atomic mass is 10.2. The molecule has 0 spiro atoms. The molecule has 2 heterocycles. The molecule has 0 saturated heterocycles. The molecule has 0 atom stereocenters. The van der Waals surface area contributed by atoms with Crippen molar-refractivity contribution in [3.63, 3.8) is 0 Å². The van der Waals surface area contributed by atoms with Gasteiger partial charge >= 0.3 is 5.69 Å². The second-order valence-corrected chi connectivity index (χ2v) is 4.47. The fourth-order valence-electron chi connectivity index (χ4n) is 1.63. The van der Waals surface area contributed by atoms with Crippen molar-refractivity contribution >= 4 is 11.6 Å². The average molecular weight is 293 g/mol. The van der Waals surface area contributed by atoms with E-state index < -0.39 is 4.92 Å². The predicted octanol–water partition coefficient (Wildman–Crippen LogP) is 1.17. The van der Waals surface area contributed by atoms with Crippen molar-refractivity contribution in [2.45, 2.75) is 0 Å². The third kappa shape index (κ3) is 3.45. The van der Waals surface area contributed by atoms with Gasteiger partial charge in [0.1, 0.15) is 6.61 Å². The van der Waals surface area contributed by atoms with Crippen LogP contribution in [0.25, 0.3) is 11.5 Å². The predicted molar refractivity (Wildman–Crippen MR) is 74.8 cm³/mol. The van der Waals surface area contributed by atoms with E-state index in [1.807, 2.05) is 19.0 Å². The van der Waals surface area contributed by atoms with Crippen LogP contribution in [0.1, 0.15) is 0 Å². The van der Waals surface area contributed by atoms with Gasteiger partial charge in [0.05, 0.1) is 11.2 Å². The Labute approximate surface area is 120 Å². The summed E-state index contributed by atoms with van der Waals surface area (Å²) < 4.78 is 10.5. The molecule has 9 heteroatoms. The number of anilines is 1. The number of nitrogen functional groups attached to an aromatic ring is 1. The minimum absolute atomic E-state index is 0.00245. The molecular weight excluding hydrogens is 278 g/mol. The normalized spacial score (nSPS) is 10.8. The van der Waals surface area contributed by atoms with Gasteiger partial charge in [-0.2, -0.15) is 4.98 Å². The maximum absolute atomic E-state index is 11.3. The second-order valence-electron chi connectivity index (χ2n) is 4.47. The fraction of sp³-hybridized carbons (Fsp3) is 0.333. The summed E-state index contributed by atoms with van der Waals surface area (Å²) >= 11 is 0. The summed E-state index contributed by atoms with van der Waals surface area (Å²) in [7, 11) is 3.72. The first-order chi connectivity index (χ1) is 9.99. The zero-order chi connectivity index (χ0) is 15.4. The SMILES string of the molecule is CN(C)CCOc1nc(N)nc(-c2ccco2)c1[N+](=O)[O-]. The first-order valence-electron chi connectivity index (χ1n) is 6.12. The van der Waals surface area contributed by atoms with Crippen LogP contribution in [0.3, 0.4) is 0 Å². The number of nitro groups is 1. The first-order valence-corrected chi connectivity index (χ1v) is 6.12. The van der Waals surface area contributed by atoms with E-state index in [1.165, 1.54) is 6.26 Å². The van der Waals surface area contributed by atoms with Crippen LogP contribution in [-0.2, 0) is 0 Å². The summed E-state index contributed by atoms with van der Waals surface area (Å²) in [6.45, 7) is 0.818. The molecule has 0 radical (unpaired) electrons. The number of likely N-dealkylation sites (N-methyl/N-ethyl adjacent to an activating group) is 1. The molecule has 0 saturated carbocycles. The highest BCUT2D eigenvalue weighted by Gasteiger charge is 2.28. The quantitative estimate of drug-likeness (QED) is 0.622. The number of nitrogens with zero attached hydrogens (tertiary/aromatic N) is 4. The van der Waals surface area contributed by atoms with E-state index in [0.29, 0.717) is 6.54 Å².